The molecule has 1 N–H and O–H groups in total. The molecule has 1 atom stereocenters. The maximum atomic E-state index is 9.85. The zero-order valence-electron chi connectivity index (χ0n) is 10.4. The van der Waals surface area contributed by atoms with Crippen molar-refractivity contribution in [2.75, 3.05) is 7.11 Å². The number of aliphatic hydroxyl groups is 1. The van der Waals surface area contributed by atoms with E-state index in [-0.39, 0.29) is 0 Å². The Morgan fingerprint density at radius 1 is 1.00 bits per heavy atom. The van der Waals surface area contributed by atoms with Crippen molar-refractivity contribution in [1.82, 2.24) is 0 Å². The first-order valence-corrected chi connectivity index (χ1v) is 6.01. The van der Waals surface area contributed by atoms with Crippen molar-refractivity contribution in [3.63, 3.8) is 0 Å². The van der Waals surface area contributed by atoms with Gasteiger partial charge in [-0.2, -0.15) is 0 Å². The van der Waals surface area contributed by atoms with Crippen molar-refractivity contribution in [1.29, 1.82) is 0 Å². The molecule has 0 bridgehead atoms. The second kappa shape index (κ2) is 4.95. The average molecular weight is 256 g/mol. The smallest absolute Gasteiger partial charge is 0.519 e. The van der Waals surface area contributed by atoms with Crippen LogP contribution in [0.1, 0.15) is 11.9 Å². The number of ether oxygens (including phenoxy) is 1. The molecular weight excluding hydrogens is 243 g/mol. The summed E-state index contributed by atoms with van der Waals surface area (Å²) in [7, 11) is 0.894. The van der Waals surface area contributed by atoms with Gasteiger partial charge in [0.1, 0.15) is 11.5 Å². The lowest BCUT2D eigenvalue weighted by Crippen LogP contribution is -2.42. The Balaban J connectivity index is 1.93. The van der Waals surface area contributed by atoms with Gasteiger partial charge in [0, 0.05) is 18.1 Å². The third-order valence-corrected chi connectivity index (χ3v) is 3.06. The van der Waals surface area contributed by atoms with Gasteiger partial charge in [-0.1, -0.05) is 36.4 Å². The minimum absolute atomic E-state index is 0.557. The van der Waals surface area contributed by atoms with Gasteiger partial charge >= 0.3 is 7.12 Å². The van der Waals surface area contributed by atoms with E-state index in [9.17, 15) is 5.11 Å². The van der Waals surface area contributed by atoms with E-state index in [1.165, 1.54) is 7.11 Å². The average Bonchev–Trinajstić information content (AvgIpc) is 2.90. The zero-order chi connectivity index (χ0) is 13.2. The van der Waals surface area contributed by atoms with Gasteiger partial charge < -0.3 is 19.2 Å². The molecule has 19 heavy (non-hydrogen) atoms. The Kier molecular flexibility index (Phi) is 3.15. The normalized spacial score (nSPS) is 14.5. The van der Waals surface area contributed by atoms with Gasteiger partial charge in [0.2, 0.25) is 0 Å². The molecule has 3 rings (SSSR count). The van der Waals surface area contributed by atoms with E-state index in [1.807, 2.05) is 42.5 Å². The number of aliphatic hydroxyl groups excluding tert-OH is 1. The number of fused-ring (bicyclic) bond motifs is 1. The molecule has 0 saturated carbocycles. The van der Waals surface area contributed by atoms with Gasteiger partial charge in [-0.05, 0) is 12.1 Å². The Morgan fingerprint density at radius 2 is 1.58 bits per heavy atom. The predicted octanol–water partition coefficient (Wildman–Crippen LogP) is 1.49. The van der Waals surface area contributed by atoms with Gasteiger partial charge in [-0.3, -0.25) is 0 Å². The van der Waals surface area contributed by atoms with Crippen molar-refractivity contribution < 1.29 is 19.2 Å². The predicted molar refractivity (Wildman–Crippen MR) is 71.5 cm³/mol. The second-order valence-electron chi connectivity index (χ2n) is 4.23. The van der Waals surface area contributed by atoms with Crippen LogP contribution in [0.15, 0.2) is 48.5 Å². The fourth-order valence-electron chi connectivity index (χ4n) is 2.10. The molecule has 2 aromatic rings. The van der Waals surface area contributed by atoms with E-state index < -0.39 is 13.4 Å². The third kappa shape index (κ3) is 2.18. The van der Waals surface area contributed by atoms with Gasteiger partial charge in [0.25, 0.3) is 0 Å². The summed E-state index contributed by atoms with van der Waals surface area (Å²) in [5, 5.41) is 9.85. The molecule has 96 valence electrons. The Hall–Kier alpha value is -1.98. The van der Waals surface area contributed by atoms with Crippen LogP contribution in [-0.4, -0.2) is 19.3 Å². The molecule has 1 aliphatic rings. The van der Waals surface area contributed by atoms with Crippen molar-refractivity contribution in [3.05, 3.63) is 54.1 Å². The number of hydrogen-bond donors (Lipinski definition) is 1. The first-order valence-electron chi connectivity index (χ1n) is 6.01. The summed E-state index contributed by atoms with van der Waals surface area (Å²) in [4.78, 5) is 0. The summed E-state index contributed by atoms with van der Waals surface area (Å²) in [6, 6.07) is 14.8. The van der Waals surface area contributed by atoms with Crippen LogP contribution in [0.4, 0.5) is 0 Å². The molecule has 0 amide bonds. The molecule has 0 fully saturated rings. The fraction of sp³-hybridized carbons (Fsp3) is 0.143. The fourth-order valence-corrected chi connectivity index (χ4v) is 2.10. The van der Waals surface area contributed by atoms with Crippen LogP contribution < -0.4 is 14.8 Å². The van der Waals surface area contributed by atoms with Gasteiger partial charge in [0.15, 0.2) is 6.29 Å². The van der Waals surface area contributed by atoms with Crippen molar-refractivity contribution >= 4 is 12.6 Å². The van der Waals surface area contributed by atoms with Crippen LogP contribution in [-0.2, 0) is 4.74 Å². The molecule has 0 aliphatic carbocycles. The van der Waals surface area contributed by atoms with Crippen LogP contribution in [0, 0.1) is 0 Å². The molecule has 1 unspecified atom stereocenters. The summed E-state index contributed by atoms with van der Waals surface area (Å²) in [5.41, 5.74) is 1.40. The number of para-hydroxylation sites is 2. The van der Waals surface area contributed by atoms with Crippen LogP contribution in [0.3, 0.4) is 0 Å². The van der Waals surface area contributed by atoms with Crippen LogP contribution in [0.25, 0.3) is 0 Å². The minimum atomic E-state index is -0.993. The first kappa shape index (κ1) is 12.1. The Labute approximate surface area is 111 Å². The van der Waals surface area contributed by atoms with E-state index in [2.05, 4.69) is 0 Å². The molecule has 1 heterocycles. The molecule has 0 spiro atoms. The van der Waals surface area contributed by atoms with E-state index in [1.54, 1.807) is 6.07 Å². The number of methoxy groups -OCH3 is 1. The van der Waals surface area contributed by atoms with Crippen molar-refractivity contribution in [2.24, 2.45) is 0 Å². The number of hydrogen-bond acceptors (Lipinski definition) is 4. The summed E-state index contributed by atoms with van der Waals surface area (Å²) in [6.07, 6.45) is -0.993. The van der Waals surface area contributed by atoms with Crippen molar-refractivity contribution in [3.8, 4) is 11.5 Å². The van der Waals surface area contributed by atoms with Crippen LogP contribution in [0.2, 0.25) is 0 Å². The summed E-state index contributed by atoms with van der Waals surface area (Å²) < 4.78 is 16.4. The largest absolute Gasteiger partial charge is 0.633 e. The highest BCUT2D eigenvalue weighted by atomic mass is 16.6. The highest BCUT2D eigenvalue weighted by molar-refractivity contribution is 6.64. The van der Waals surface area contributed by atoms with E-state index >= 15 is 0 Å². The quantitative estimate of drug-likeness (QED) is 0.667. The Bertz CT molecular complexity index is 562. The number of benzene rings is 2. The van der Waals surface area contributed by atoms with E-state index in [4.69, 9.17) is 14.0 Å². The van der Waals surface area contributed by atoms with Crippen LogP contribution >= 0.6 is 0 Å². The maximum Gasteiger partial charge on any atom is 0.633 e. The molecular formula is C14H13BO4. The zero-order valence-corrected chi connectivity index (χ0v) is 10.4. The molecule has 4 nitrogen and oxygen atoms in total. The number of rotatable bonds is 3. The second-order valence-corrected chi connectivity index (χ2v) is 4.23. The molecule has 5 heteroatoms. The first-order chi connectivity index (χ1) is 9.29. The molecule has 0 radical (unpaired) electrons. The molecule has 0 aromatic heterocycles. The minimum Gasteiger partial charge on any atom is -0.519 e. The Morgan fingerprint density at radius 3 is 2.21 bits per heavy atom. The van der Waals surface area contributed by atoms with E-state index in [0.29, 0.717) is 17.1 Å². The highest BCUT2D eigenvalue weighted by Crippen LogP contribution is 2.32. The van der Waals surface area contributed by atoms with Crippen LogP contribution in [0.5, 0.6) is 11.5 Å². The lowest BCUT2D eigenvalue weighted by molar-refractivity contribution is -0.0763. The van der Waals surface area contributed by atoms with E-state index in [0.717, 1.165) is 5.46 Å². The topological polar surface area (TPSA) is 47.9 Å². The lowest BCUT2D eigenvalue weighted by atomic mass is 9.76. The summed E-state index contributed by atoms with van der Waals surface area (Å²) in [6.45, 7) is 0. The lowest BCUT2D eigenvalue weighted by Gasteiger charge is -2.14. The third-order valence-electron chi connectivity index (χ3n) is 3.06. The molecule has 2 aromatic carbocycles. The maximum absolute atomic E-state index is 9.85. The summed E-state index contributed by atoms with van der Waals surface area (Å²) >= 11 is 0. The van der Waals surface area contributed by atoms with Crippen molar-refractivity contribution in [2.45, 2.75) is 6.29 Å². The highest BCUT2D eigenvalue weighted by Gasteiger charge is 2.36. The van der Waals surface area contributed by atoms with Gasteiger partial charge in [-0.15, -0.1) is 0 Å². The standard InChI is InChI=1S/C14H13BO4/c1-17-14(16)10-6-2-3-7-11(10)15-18-12-8-4-5-9-13(12)19-15/h2-9,14,16H,1H3. The molecule has 1 aliphatic heterocycles. The molecule has 0 saturated heterocycles. The van der Waals surface area contributed by atoms with Gasteiger partial charge in [0.05, 0.1) is 0 Å². The summed E-state index contributed by atoms with van der Waals surface area (Å²) in [5.74, 6) is 1.41. The van der Waals surface area contributed by atoms with Gasteiger partial charge in [-0.25, -0.2) is 0 Å². The SMILES string of the molecule is COC(O)c1ccccc1B1Oc2ccccc2O1. The monoisotopic (exact) mass is 256 g/mol.